The van der Waals surface area contributed by atoms with E-state index in [0.717, 1.165) is 33.9 Å². The van der Waals surface area contributed by atoms with E-state index >= 15 is 0 Å². The van der Waals surface area contributed by atoms with Crippen molar-refractivity contribution in [2.24, 2.45) is 11.8 Å². The van der Waals surface area contributed by atoms with Crippen LogP contribution in [0, 0.1) is 18.8 Å². The van der Waals surface area contributed by atoms with Crippen molar-refractivity contribution in [1.29, 1.82) is 0 Å². The largest absolute Gasteiger partial charge is 0.512 e. The lowest BCUT2D eigenvalue weighted by atomic mass is 9.78. The second kappa shape index (κ2) is 8.75. The maximum Gasteiger partial charge on any atom is 0.167 e. The van der Waals surface area contributed by atoms with Gasteiger partial charge in [-0.25, -0.2) is 4.98 Å². The van der Waals surface area contributed by atoms with E-state index in [1.807, 2.05) is 43.5 Å². The SMILES string of the molecule is CCc1ccccc1C1=C(O)CC(C(C)CSc2ccc(C)cn2)CC1=O. The van der Waals surface area contributed by atoms with Gasteiger partial charge in [0.2, 0.25) is 0 Å². The number of nitrogens with zero attached hydrogens (tertiary/aromatic N) is 1. The van der Waals surface area contributed by atoms with Gasteiger partial charge in [0.05, 0.1) is 10.6 Å². The van der Waals surface area contributed by atoms with Crippen molar-refractivity contribution >= 4 is 23.1 Å². The Morgan fingerprint density at radius 3 is 2.67 bits per heavy atom. The van der Waals surface area contributed by atoms with E-state index in [4.69, 9.17) is 0 Å². The van der Waals surface area contributed by atoms with Crippen LogP contribution >= 0.6 is 11.8 Å². The smallest absolute Gasteiger partial charge is 0.167 e. The molecule has 4 heteroatoms. The molecular weight excluding hydrogens is 354 g/mol. The third kappa shape index (κ3) is 4.62. The average molecular weight is 382 g/mol. The molecule has 0 saturated heterocycles. The minimum atomic E-state index is 0.0648. The molecule has 3 nitrogen and oxygen atoms in total. The van der Waals surface area contributed by atoms with E-state index in [1.165, 1.54) is 0 Å². The number of hydrogen-bond donors (Lipinski definition) is 1. The number of aliphatic hydroxyl groups is 1. The number of aryl methyl sites for hydroxylation is 2. The molecule has 1 heterocycles. The number of carbonyl (C=O) groups is 1. The Kier molecular flexibility index (Phi) is 6.38. The van der Waals surface area contributed by atoms with Crippen LogP contribution in [-0.4, -0.2) is 21.6 Å². The van der Waals surface area contributed by atoms with Crippen molar-refractivity contribution in [3.05, 3.63) is 65.0 Å². The number of ketones is 1. The summed E-state index contributed by atoms with van der Waals surface area (Å²) in [4.78, 5) is 17.3. The summed E-state index contributed by atoms with van der Waals surface area (Å²) < 4.78 is 0. The molecule has 3 rings (SSSR count). The summed E-state index contributed by atoms with van der Waals surface area (Å²) in [6.45, 7) is 6.27. The molecule has 0 fully saturated rings. The molecule has 1 aliphatic rings. The fraction of sp³-hybridized carbons (Fsp3) is 0.391. The van der Waals surface area contributed by atoms with Gasteiger partial charge in [-0.1, -0.05) is 44.2 Å². The molecular formula is C23H27NO2S. The van der Waals surface area contributed by atoms with Gasteiger partial charge in [0.1, 0.15) is 5.76 Å². The predicted octanol–water partition coefficient (Wildman–Crippen LogP) is 5.63. The second-order valence-electron chi connectivity index (χ2n) is 7.39. The number of Topliss-reactive ketones (excluding diaryl/α,β-unsaturated/α-hetero) is 1. The molecule has 0 amide bonds. The molecule has 27 heavy (non-hydrogen) atoms. The average Bonchev–Trinajstić information content (AvgIpc) is 2.67. The lowest BCUT2D eigenvalue weighted by molar-refractivity contribution is -0.115. The molecule has 1 N–H and O–H groups in total. The normalized spacial score (nSPS) is 18.6. The molecule has 1 aromatic carbocycles. The maximum atomic E-state index is 12.9. The van der Waals surface area contributed by atoms with Crippen molar-refractivity contribution in [3.63, 3.8) is 0 Å². The number of aliphatic hydroxyl groups excluding tert-OH is 1. The minimum absolute atomic E-state index is 0.0648. The van der Waals surface area contributed by atoms with Crippen LogP contribution in [0.2, 0.25) is 0 Å². The van der Waals surface area contributed by atoms with Crippen molar-refractivity contribution in [2.75, 3.05) is 5.75 Å². The fourth-order valence-electron chi connectivity index (χ4n) is 3.60. The number of carbonyl (C=O) groups excluding carboxylic acids is 1. The molecule has 2 aromatic rings. The molecule has 0 saturated carbocycles. The van der Waals surface area contributed by atoms with Crippen LogP contribution in [0.25, 0.3) is 5.57 Å². The highest BCUT2D eigenvalue weighted by Gasteiger charge is 2.32. The summed E-state index contributed by atoms with van der Waals surface area (Å²) in [5, 5.41) is 11.7. The van der Waals surface area contributed by atoms with Crippen LogP contribution in [0.3, 0.4) is 0 Å². The summed E-state index contributed by atoms with van der Waals surface area (Å²) in [5.41, 5.74) is 3.69. The highest BCUT2D eigenvalue weighted by molar-refractivity contribution is 7.99. The van der Waals surface area contributed by atoms with Crippen molar-refractivity contribution in [1.82, 2.24) is 4.98 Å². The van der Waals surface area contributed by atoms with E-state index < -0.39 is 0 Å². The first-order valence-electron chi connectivity index (χ1n) is 9.58. The molecule has 2 atom stereocenters. The van der Waals surface area contributed by atoms with Gasteiger partial charge in [-0.05, 0) is 47.9 Å². The van der Waals surface area contributed by atoms with Gasteiger partial charge in [-0.2, -0.15) is 0 Å². The summed E-state index contributed by atoms with van der Waals surface area (Å²) in [6.07, 6.45) is 3.80. The Labute approximate surface area is 165 Å². The van der Waals surface area contributed by atoms with Crippen molar-refractivity contribution < 1.29 is 9.90 Å². The molecule has 1 aliphatic carbocycles. The second-order valence-corrected chi connectivity index (χ2v) is 8.43. The van der Waals surface area contributed by atoms with Crippen LogP contribution in [0.15, 0.2) is 53.4 Å². The molecule has 0 spiro atoms. The van der Waals surface area contributed by atoms with Crippen LogP contribution in [0.4, 0.5) is 0 Å². The molecule has 142 valence electrons. The third-order valence-electron chi connectivity index (χ3n) is 5.32. The lowest BCUT2D eigenvalue weighted by Crippen LogP contribution is -2.25. The third-order valence-corrected chi connectivity index (χ3v) is 6.55. The highest BCUT2D eigenvalue weighted by Crippen LogP contribution is 2.38. The van der Waals surface area contributed by atoms with E-state index in [1.54, 1.807) is 11.8 Å². The summed E-state index contributed by atoms with van der Waals surface area (Å²) in [5.74, 6) is 1.71. The molecule has 2 unspecified atom stereocenters. The highest BCUT2D eigenvalue weighted by atomic mass is 32.2. The zero-order chi connectivity index (χ0) is 19.4. The van der Waals surface area contributed by atoms with Crippen LogP contribution < -0.4 is 0 Å². The van der Waals surface area contributed by atoms with Gasteiger partial charge >= 0.3 is 0 Å². The maximum absolute atomic E-state index is 12.9. The Morgan fingerprint density at radius 2 is 2.00 bits per heavy atom. The Balaban J connectivity index is 1.71. The first-order valence-corrected chi connectivity index (χ1v) is 10.6. The number of allylic oxidation sites excluding steroid dienone is 2. The van der Waals surface area contributed by atoms with E-state index in [2.05, 4.69) is 24.9 Å². The quantitative estimate of drug-likeness (QED) is 0.659. The number of aromatic nitrogens is 1. The standard InChI is InChI=1S/C23H27NO2S/c1-4-17-7-5-6-8-19(17)23-20(25)11-18(12-21(23)26)16(3)14-27-22-10-9-15(2)13-24-22/h5-10,13,16,18,25H,4,11-12,14H2,1-3H3. The predicted molar refractivity (Wildman–Crippen MR) is 112 cm³/mol. The van der Waals surface area contributed by atoms with E-state index in [0.29, 0.717) is 24.3 Å². The van der Waals surface area contributed by atoms with Gasteiger partial charge in [-0.3, -0.25) is 4.79 Å². The lowest BCUT2D eigenvalue weighted by Gasteiger charge is -2.28. The number of hydrogen-bond acceptors (Lipinski definition) is 4. The number of rotatable bonds is 6. The molecule has 0 bridgehead atoms. The molecule has 0 aliphatic heterocycles. The summed E-state index contributed by atoms with van der Waals surface area (Å²) >= 11 is 1.72. The van der Waals surface area contributed by atoms with Crippen molar-refractivity contribution in [3.8, 4) is 0 Å². The Hall–Kier alpha value is -2.07. The van der Waals surface area contributed by atoms with E-state index in [9.17, 15) is 9.90 Å². The minimum Gasteiger partial charge on any atom is -0.512 e. The zero-order valence-corrected chi connectivity index (χ0v) is 17.1. The van der Waals surface area contributed by atoms with E-state index in [-0.39, 0.29) is 17.5 Å². The topological polar surface area (TPSA) is 50.2 Å². The van der Waals surface area contributed by atoms with Gasteiger partial charge < -0.3 is 5.11 Å². The summed E-state index contributed by atoms with van der Waals surface area (Å²) in [6, 6.07) is 12.0. The fourth-order valence-corrected chi connectivity index (χ4v) is 4.59. The van der Waals surface area contributed by atoms with Crippen molar-refractivity contribution in [2.45, 2.75) is 45.1 Å². The monoisotopic (exact) mass is 381 g/mol. The van der Waals surface area contributed by atoms with Gasteiger partial charge in [0.15, 0.2) is 5.78 Å². The Morgan fingerprint density at radius 1 is 1.22 bits per heavy atom. The zero-order valence-electron chi connectivity index (χ0n) is 16.2. The number of benzene rings is 1. The number of thioether (sulfide) groups is 1. The van der Waals surface area contributed by atoms with Gasteiger partial charge in [0, 0.05) is 24.8 Å². The van der Waals surface area contributed by atoms with Gasteiger partial charge in [0.25, 0.3) is 0 Å². The molecule has 1 aromatic heterocycles. The Bertz CT molecular complexity index is 842. The first kappa shape index (κ1) is 19.7. The van der Waals surface area contributed by atoms with Crippen LogP contribution in [-0.2, 0) is 11.2 Å². The van der Waals surface area contributed by atoms with Crippen LogP contribution in [0.5, 0.6) is 0 Å². The summed E-state index contributed by atoms with van der Waals surface area (Å²) in [7, 11) is 0. The first-order chi connectivity index (χ1) is 13.0. The van der Waals surface area contributed by atoms with Gasteiger partial charge in [-0.15, -0.1) is 11.8 Å². The van der Waals surface area contributed by atoms with Crippen LogP contribution in [0.1, 0.15) is 43.4 Å². The number of pyridine rings is 1. The molecule has 0 radical (unpaired) electrons.